The number of benzene rings is 2. The fraction of sp³-hybridized carbons (Fsp3) is 0.261. The summed E-state index contributed by atoms with van der Waals surface area (Å²) < 4.78 is 29.1. The molecule has 1 aliphatic rings. The van der Waals surface area contributed by atoms with Crippen LogP contribution in [0.2, 0.25) is 0 Å². The van der Waals surface area contributed by atoms with Gasteiger partial charge in [0.05, 0.1) is 17.4 Å². The largest absolute Gasteiger partial charge is 0.348 e. The van der Waals surface area contributed by atoms with Crippen molar-refractivity contribution < 1.29 is 18.0 Å². The van der Waals surface area contributed by atoms with Crippen molar-refractivity contribution >= 4 is 27.5 Å². The Morgan fingerprint density at radius 2 is 1.67 bits per heavy atom. The number of amides is 2. The lowest BCUT2D eigenvalue weighted by Gasteiger charge is -2.31. The van der Waals surface area contributed by atoms with Gasteiger partial charge < -0.3 is 10.6 Å². The van der Waals surface area contributed by atoms with E-state index in [1.54, 1.807) is 23.0 Å². The first-order valence-electron chi connectivity index (χ1n) is 10.6. The van der Waals surface area contributed by atoms with Crippen LogP contribution in [-0.2, 0) is 14.8 Å². The molecule has 2 heterocycles. The molecular weight excluding hydrogens is 442 g/mol. The van der Waals surface area contributed by atoms with E-state index >= 15 is 0 Å². The maximum Gasteiger partial charge on any atom is 0.270 e. The minimum atomic E-state index is -3.65. The van der Waals surface area contributed by atoms with Crippen LogP contribution in [0.1, 0.15) is 30.3 Å². The van der Waals surface area contributed by atoms with Gasteiger partial charge in [0, 0.05) is 37.4 Å². The third-order valence-corrected chi connectivity index (χ3v) is 7.42. The molecule has 3 aromatic rings. The van der Waals surface area contributed by atoms with Crippen LogP contribution in [0.15, 0.2) is 72.0 Å². The summed E-state index contributed by atoms with van der Waals surface area (Å²) in [5.74, 6) is -0.465. The Hall–Kier alpha value is -3.50. The van der Waals surface area contributed by atoms with Crippen LogP contribution < -0.4 is 10.6 Å². The van der Waals surface area contributed by atoms with Gasteiger partial charge in [0.2, 0.25) is 15.9 Å². The molecule has 2 N–H and O–H groups in total. The fourth-order valence-electron chi connectivity index (χ4n) is 3.82. The highest BCUT2D eigenvalue weighted by Crippen LogP contribution is 2.22. The number of piperidine rings is 1. The summed E-state index contributed by atoms with van der Waals surface area (Å²) >= 11 is 0. The van der Waals surface area contributed by atoms with Crippen LogP contribution in [0, 0.1) is 0 Å². The Morgan fingerprint density at radius 3 is 2.30 bits per heavy atom. The zero-order valence-electron chi connectivity index (χ0n) is 18.1. The van der Waals surface area contributed by atoms with Crippen LogP contribution in [0.3, 0.4) is 0 Å². The van der Waals surface area contributed by atoms with Crippen LogP contribution >= 0.6 is 0 Å². The molecule has 172 valence electrons. The summed E-state index contributed by atoms with van der Waals surface area (Å²) in [6, 6.07) is 15.4. The zero-order chi connectivity index (χ0) is 23.4. The Balaban J connectivity index is 1.37. The SMILES string of the molecule is CC(=O)Nc1ccc(S(=O)(=O)N2CCC(NC(=O)c3cncn3-c3ccccc3)CC2)cc1. The number of nitrogens with one attached hydrogen (secondary N) is 2. The number of hydrogen-bond acceptors (Lipinski definition) is 5. The first kappa shape index (κ1) is 22.7. The van der Waals surface area contributed by atoms with E-state index in [0.29, 0.717) is 37.3 Å². The molecule has 0 radical (unpaired) electrons. The molecule has 0 saturated carbocycles. The lowest BCUT2D eigenvalue weighted by molar-refractivity contribution is -0.114. The normalized spacial score (nSPS) is 15.2. The highest BCUT2D eigenvalue weighted by atomic mass is 32.2. The molecule has 1 aliphatic heterocycles. The first-order chi connectivity index (χ1) is 15.8. The monoisotopic (exact) mass is 467 g/mol. The van der Waals surface area contributed by atoms with Crippen LogP contribution in [0.25, 0.3) is 5.69 Å². The lowest BCUT2D eigenvalue weighted by Crippen LogP contribution is -2.46. The van der Waals surface area contributed by atoms with E-state index in [-0.39, 0.29) is 22.8 Å². The van der Waals surface area contributed by atoms with E-state index in [1.807, 2.05) is 30.3 Å². The third-order valence-electron chi connectivity index (χ3n) is 5.51. The predicted octanol–water partition coefficient (Wildman–Crippen LogP) is 2.41. The van der Waals surface area contributed by atoms with Crippen molar-refractivity contribution in [1.82, 2.24) is 19.2 Å². The molecule has 1 aromatic heterocycles. The fourth-order valence-corrected chi connectivity index (χ4v) is 5.29. The van der Waals surface area contributed by atoms with Gasteiger partial charge in [0.15, 0.2) is 0 Å². The highest BCUT2D eigenvalue weighted by Gasteiger charge is 2.30. The zero-order valence-corrected chi connectivity index (χ0v) is 19.0. The minimum Gasteiger partial charge on any atom is -0.348 e. The van der Waals surface area contributed by atoms with Gasteiger partial charge in [-0.2, -0.15) is 4.31 Å². The van der Waals surface area contributed by atoms with Gasteiger partial charge in [0.25, 0.3) is 5.91 Å². The maximum atomic E-state index is 13.0. The molecule has 4 rings (SSSR count). The number of sulfonamides is 1. The number of anilines is 1. The van der Waals surface area contributed by atoms with Gasteiger partial charge in [-0.3, -0.25) is 14.2 Å². The van der Waals surface area contributed by atoms with E-state index in [4.69, 9.17) is 0 Å². The molecule has 1 saturated heterocycles. The Morgan fingerprint density at radius 1 is 1.00 bits per heavy atom. The van der Waals surface area contributed by atoms with E-state index < -0.39 is 10.0 Å². The van der Waals surface area contributed by atoms with Crippen molar-refractivity contribution in [1.29, 1.82) is 0 Å². The summed E-state index contributed by atoms with van der Waals surface area (Å²) in [4.78, 5) is 28.3. The standard InChI is InChI=1S/C23H25N5O4S/c1-17(29)25-18-7-9-21(10-8-18)33(31,32)27-13-11-19(12-14-27)26-23(30)22-15-24-16-28(22)20-5-3-2-4-6-20/h2-10,15-16,19H,11-14H2,1H3,(H,25,29)(H,26,30). The highest BCUT2D eigenvalue weighted by molar-refractivity contribution is 7.89. The molecule has 0 spiro atoms. The third kappa shape index (κ3) is 5.12. The second kappa shape index (κ2) is 9.55. The van der Waals surface area contributed by atoms with Crippen LogP contribution in [-0.4, -0.2) is 53.2 Å². The lowest BCUT2D eigenvalue weighted by atomic mass is 10.1. The minimum absolute atomic E-state index is 0.134. The van der Waals surface area contributed by atoms with Crippen LogP contribution in [0.5, 0.6) is 0 Å². The van der Waals surface area contributed by atoms with Gasteiger partial charge in [-0.1, -0.05) is 18.2 Å². The topological polar surface area (TPSA) is 113 Å². The quantitative estimate of drug-likeness (QED) is 0.578. The summed E-state index contributed by atoms with van der Waals surface area (Å²) in [5, 5.41) is 5.63. The second-order valence-corrected chi connectivity index (χ2v) is 9.78. The molecule has 2 amide bonds. The number of nitrogens with zero attached hydrogens (tertiary/aromatic N) is 3. The molecule has 1 fully saturated rings. The summed E-state index contributed by atoms with van der Waals surface area (Å²) in [5.41, 5.74) is 1.80. The Kier molecular flexibility index (Phi) is 6.57. The maximum absolute atomic E-state index is 13.0. The molecular formula is C23H25N5O4S. The first-order valence-corrected chi connectivity index (χ1v) is 12.0. The molecule has 10 heteroatoms. The van der Waals surface area contributed by atoms with Crippen molar-refractivity contribution in [3.63, 3.8) is 0 Å². The van der Waals surface area contributed by atoms with E-state index in [0.717, 1.165) is 5.69 Å². The number of carbonyl (C=O) groups excluding carboxylic acids is 2. The number of para-hydroxylation sites is 1. The number of aromatic nitrogens is 2. The predicted molar refractivity (Wildman–Crippen MR) is 124 cm³/mol. The van der Waals surface area contributed by atoms with Crippen molar-refractivity contribution in [2.45, 2.75) is 30.7 Å². The number of imidazole rings is 1. The second-order valence-electron chi connectivity index (χ2n) is 7.84. The van der Waals surface area contributed by atoms with E-state index in [2.05, 4.69) is 15.6 Å². The molecule has 33 heavy (non-hydrogen) atoms. The summed E-state index contributed by atoms with van der Waals surface area (Å²) in [6.07, 6.45) is 4.13. The summed E-state index contributed by atoms with van der Waals surface area (Å²) in [6.45, 7) is 2.00. The number of carbonyl (C=O) groups is 2. The van der Waals surface area contributed by atoms with E-state index in [9.17, 15) is 18.0 Å². The van der Waals surface area contributed by atoms with Gasteiger partial charge in [0.1, 0.15) is 5.69 Å². The van der Waals surface area contributed by atoms with Gasteiger partial charge in [-0.25, -0.2) is 13.4 Å². The molecule has 0 unspecified atom stereocenters. The Labute approximate surface area is 192 Å². The van der Waals surface area contributed by atoms with Gasteiger partial charge >= 0.3 is 0 Å². The number of rotatable bonds is 6. The average molecular weight is 468 g/mol. The summed E-state index contributed by atoms with van der Waals surface area (Å²) in [7, 11) is -3.65. The van der Waals surface area contributed by atoms with Gasteiger partial charge in [-0.15, -0.1) is 0 Å². The molecule has 0 atom stereocenters. The van der Waals surface area contributed by atoms with Crippen molar-refractivity contribution in [3.8, 4) is 5.69 Å². The van der Waals surface area contributed by atoms with Crippen molar-refractivity contribution in [2.75, 3.05) is 18.4 Å². The van der Waals surface area contributed by atoms with Gasteiger partial charge in [-0.05, 0) is 49.2 Å². The number of hydrogen-bond donors (Lipinski definition) is 2. The van der Waals surface area contributed by atoms with Crippen molar-refractivity contribution in [2.24, 2.45) is 0 Å². The molecule has 2 aromatic carbocycles. The Bertz CT molecular complexity index is 1230. The van der Waals surface area contributed by atoms with E-state index in [1.165, 1.54) is 29.6 Å². The molecule has 0 aliphatic carbocycles. The average Bonchev–Trinajstić information content (AvgIpc) is 3.30. The smallest absolute Gasteiger partial charge is 0.270 e. The van der Waals surface area contributed by atoms with Crippen LogP contribution in [0.4, 0.5) is 5.69 Å². The molecule has 0 bridgehead atoms. The molecule has 9 nitrogen and oxygen atoms in total. The van der Waals surface area contributed by atoms with Crippen molar-refractivity contribution in [3.05, 3.63) is 72.8 Å².